The molecule has 44 heavy (non-hydrogen) atoms. The number of nitrogens with one attached hydrogen (secondary N) is 1. The van der Waals surface area contributed by atoms with Crippen LogP contribution in [0.4, 0.5) is 31.1 Å². The minimum Gasteiger partial charge on any atom is -0.493 e. The number of carbonyl (C=O) groups excluding carboxylic acids is 2. The van der Waals surface area contributed by atoms with E-state index in [0.29, 0.717) is 36.8 Å². The molecule has 1 fully saturated rings. The second kappa shape index (κ2) is 12.5. The molecule has 2 aromatic rings. The topological polar surface area (TPSA) is 67.9 Å². The van der Waals surface area contributed by atoms with Crippen LogP contribution in [0.3, 0.4) is 0 Å². The van der Waals surface area contributed by atoms with Gasteiger partial charge >= 0.3 is 18.4 Å². The van der Waals surface area contributed by atoms with E-state index in [9.17, 15) is 35.9 Å². The molecule has 240 valence electrons. The predicted octanol–water partition coefficient (Wildman–Crippen LogP) is 7.62. The van der Waals surface area contributed by atoms with E-state index in [0.717, 1.165) is 11.0 Å². The monoisotopic (exact) mass is 626 g/mol. The number of nitrogens with zero attached hydrogens (tertiary/aromatic N) is 1. The van der Waals surface area contributed by atoms with Gasteiger partial charge in [0.1, 0.15) is 5.75 Å². The summed E-state index contributed by atoms with van der Waals surface area (Å²) in [5.74, 6) is -0.175. The molecule has 2 aliphatic heterocycles. The highest BCUT2D eigenvalue weighted by Crippen LogP contribution is 2.58. The number of carbonyl (C=O) groups is 2. The number of hydrogen-bond acceptors (Lipinski definition) is 4. The van der Waals surface area contributed by atoms with Gasteiger partial charge in [-0.3, -0.25) is 9.69 Å². The fourth-order valence-electron chi connectivity index (χ4n) is 6.08. The predicted molar refractivity (Wildman–Crippen MR) is 151 cm³/mol. The van der Waals surface area contributed by atoms with Crippen molar-refractivity contribution in [2.24, 2.45) is 0 Å². The average Bonchev–Trinajstić information content (AvgIpc) is 3.47. The first-order chi connectivity index (χ1) is 20.7. The van der Waals surface area contributed by atoms with Crippen molar-refractivity contribution in [3.8, 4) is 5.75 Å². The summed E-state index contributed by atoms with van der Waals surface area (Å²) in [4.78, 5) is 27.4. The van der Waals surface area contributed by atoms with E-state index in [1.807, 2.05) is 0 Å². The number of amides is 3. The van der Waals surface area contributed by atoms with Crippen molar-refractivity contribution in [2.75, 3.05) is 13.2 Å². The van der Waals surface area contributed by atoms with Gasteiger partial charge in [0.15, 0.2) is 5.54 Å². The molecule has 4 rings (SSSR count). The molecule has 0 aliphatic carbocycles. The molecule has 0 aromatic heterocycles. The summed E-state index contributed by atoms with van der Waals surface area (Å²) in [6.07, 6.45) is -9.38. The van der Waals surface area contributed by atoms with Gasteiger partial charge in [-0.05, 0) is 60.9 Å². The van der Waals surface area contributed by atoms with Crippen LogP contribution in [0.15, 0.2) is 48.6 Å². The molecular formula is C32H36F6N2O4. The van der Waals surface area contributed by atoms with Gasteiger partial charge in [-0.25, -0.2) is 4.79 Å². The first-order valence-electron chi connectivity index (χ1n) is 14.6. The Morgan fingerprint density at radius 3 is 2.23 bits per heavy atom. The number of unbranched alkanes of at least 4 members (excludes halogenated alkanes) is 1. The maximum absolute atomic E-state index is 14.0. The third-order valence-corrected chi connectivity index (χ3v) is 8.18. The molecule has 0 radical (unpaired) electrons. The summed E-state index contributed by atoms with van der Waals surface area (Å²) in [5, 5.41) is 2.78. The SMILES string of the molecule is C=C(C)C1(c2ccccc2)NC(=O)N(CCCCOc2c(CCC)cc3c(c2CCC)COC3(C(F)(F)F)C(F)(F)F)C1=O. The molecule has 1 unspecified atom stereocenters. The van der Waals surface area contributed by atoms with Crippen LogP contribution in [-0.2, 0) is 40.1 Å². The molecule has 2 aliphatic rings. The van der Waals surface area contributed by atoms with E-state index in [2.05, 4.69) is 16.6 Å². The highest BCUT2D eigenvalue weighted by atomic mass is 19.4. The standard InChI is InChI=1S/C32H36F6N2O4/c1-5-12-21-18-25-24(19-44-30(25,31(33,34)35)32(36,37)38)23(13-6-2)26(21)43-17-11-10-16-40-27(41)29(20(3)4,39-28(40)42)22-14-8-7-9-15-22/h7-9,14-15,18H,3,5-6,10-13,16-17,19H2,1-2,4H3,(H,39,42). The number of alkyl halides is 6. The van der Waals surface area contributed by atoms with Gasteiger partial charge in [0.2, 0.25) is 0 Å². The van der Waals surface area contributed by atoms with Crippen molar-refractivity contribution in [3.63, 3.8) is 0 Å². The number of aryl methyl sites for hydroxylation is 1. The first-order valence-corrected chi connectivity index (χ1v) is 14.6. The molecule has 0 bridgehead atoms. The van der Waals surface area contributed by atoms with E-state index in [1.165, 1.54) is 0 Å². The number of hydrogen-bond donors (Lipinski definition) is 1. The maximum Gasteiger partial charge on any atom is 0.430 e. The largest absolute Gasteiger partial charge is 0.493 e. The van der Waals surface area contributed by atoms with Crippen LogP contribution < -0.4 is 10.1 Å². The lowest BCUT2D eigenvalue weighted by Gasteiger charge is -2.34. The number of fused-ring (bicyclic) bond motifs is 1. The Kier molecular flexibility index (Phi) is 9.44. The van der Waals surface area contributed by atoms with Crippen molar-refractivity contribution >= 4 is 11.9 Å². The lowest BCUT2D eigenvalue weighted by atomic mass is 9.84. The summed E-state index contributed by atoms with van der Waals surface area (Å²) >= 11 is 0. The van der Waals surface area contributed by atoms with Crippen molar-refractivity contribution in [1.82, 2.24) is 10.2 Å². The van der Waals surface area contributed by atoms with Gasteiger partial charge < -0.3 is 14.8 Å². The van der Waals surface area contributed by atoms with Gasteiger partial charge in [-0.15, -0.1) is 0 Å². The third kappa shape index (κ3) is 5.46. The lowest BCUT2D eigenvalue weighted by Crippen LogP contribution is -2.53. The van der Waals surface area contributed by atoms with Crippen LogP contribution in [-0.4, -0.2) is 42.3 Å². The smallest absolute Gasteiger partial charge is 0.430 e. The Morgan fingerprint density at radius 2 is 1.66 bits per heavy atom. The summed E-state index contributed by atoms with van der Waals surface area (Å²) in [6.45, 7) is 8.46. The van der Waals surface area contributed by atoms with E-state index in [-0.39, 0.29) is 48.4 Å². The highest BCUT2D eigenvalue weighted by Gasteiger charge is 2.76. The van der Waals surface area contributed by atoms with Crippen LogP contribution >= 0.6 is 0 Å². The molecule has 3 amide bonds. The molecule has 1 N–H and O–H groups in total. The average molecular weight is 627 g/mol. The van der Waals surface area contributed by atoms with Gasteiger partial charge in [-0.1, -0.05) is 63.6 Å². The van der Waals surface area contributed by atoms with E-state index < -0.39 is 47.6 Å². The Balaban J connectivity index is 1.54. The van der Waals surface area contributed by atoms with Crippen molar-refractivity contribution in [3.05, 3.63) is 76.4 Å². The third-order valence-electron chi connectivity index (χ3n) is 8.18. The van der Waals surface area contributed by atoms with E-state index in [4.69, 9.17) is 4.74 Å². The van der Waals surface area contributed by atoms with Gasteiger partial charge in [-0.2, -0.15) is 26.3 Å². The highest BCUT2D eigenvalue weighted by molar-refractivity contribution is 6.09. The molecule has 2 aromatic carbocycles. The number of imide groups is 1. The molecule has 6 nitrogen and oxygen atoms in total. The zero-order valence-electron chi connectivity index (χ0n) is 24.9. The number of benzene rings is 2. The fraction of sp³-hybridized carbons (Fsp3) is 0.500. The van der Waals surface area contributed by atoms with Gasteiger partial charge in [0.25, 0.3) is 11.5 Å². The Hall–Kier alpha value is -3.54. The van der Waals surface area contributed by atoms with Gasteiger partial charge in [0.05, 0.1) is 13.2 Å². The second-order valence-corrected chi connectivity index (χ2v) is 11.2. The molecule has 12 heteroatoms. The summed E-state index contributed by atoms with van der Waals surface area (Å²) in [5.41, 5.74) is -5.27. The summed E-state index contributed by atoms with van der Waals surface area (Å²) in [7, 11) is 0. The Labute approximate surface area is 252 Å². The van der Waals surface area contributed by atoms with E-state index in [1.54, 1.807) is 51.1 Å². The van der Waals surface area contributed by atoms with E-state index >= 15 is 0 Å². The zero-order chi connectivity index (χ0) is 32.5. The van der Waals surface area contributed by atoms with Crippen molar-refractivity contribution in [1.29, 1.82) is 0 Å². The molecule has 0 saturated carbocycles. The first kappa shape index (κ1) is 33.4. The second-order valence-electron chi connectivity index (χ2n) is 11.2. The summed E-state index contributed by atoms with van der Waals surface area (Å²) < 4.78 is 95.0. The number of urea groups is 1. The number of halogens is 6. The Bertz CT molecular complexity index is 1390. The molecule has 1 atom stereocenters. The van der Waals surface area contributed by atoms with Crippen LogP contribution in [0.25, 0.3) is 0 Å². The lowest BCUT2D eigenvalue weighted by molar-refractivity contribution is -0.385. The fourth-order valence-corrected chi connectivity index (χ4v) is 6.08. The van der Waals surface area contributed by atoms with Crippen LogP contribution in [0.5, 0.6) is 5.75 Å². The molecule has 1 saturated heterocycles. The maximum atomic E-state index is 14.0. The molecule has 0 spiro atoms. The normalized spacial score (nSPS) is 19.7. The van der Waals surface area contributed by atoms with Crippen LogP contribution in [0, 0.1) is 0 Å². The minimum absolute atomic E-state index is 0.0741. The molecular weight excluding hydrogens is 590 g/mol. The van der Waals surface area contributed by atoms with Crippen LogP contribution in [0.1, 0.15) is 74.3 Å². The quantitative estimate of drug-likeness (QED) is 0.114. The zero-order valence-corrected chi connectivity index (χ0v) is 24.9. The van der Waals surface area contributed by atoms with Crippen LogP contribution in [0.2, 0.25) is 0 Å². The molecule has 2 heterocycles. The number of ether oxygens (including phenoxy) is 2. The van der Waals surface area contributed by atoms with Crippen molar-refractivity contribution in [2.45, 2.75) is 89.4 Å². The minimum atomic E-state index is -5.71. The Morgan fingerprint density at radius 1 is 1.02 bits per heavy atom. The number of rotatable bonds is 12. The van der Waals surface area contributed by atoms with Crippen molar-refractivity contribution < 1.29 is 45.4 Å². The summed E-state index contributed by atoms with van der Waals surface area (Å²) in [6, 6.07) is 9.17. The van der Waals surface area contributed by atoms with Gasteiger partial charge in [0, 0.05) is 17.7 Å².